The monoisotopic (exact) mass is 270 g/mol. The first kappa shape index (κ1) is 14.3. The van der Waals surface area contributed by atoms with Crippen LogP contribution in [0.15, 0.2) is 18.2 Å². The zero-order valence-corrected chi connectivity index (χ0v) is 11.8. The standard InChI is InChI=1S/C16H18N2O2/c1-11-8-15(19)18(16(20)9-11)14-6-5-13(4-3-7-17)10-12(14)2/h5-6,10-11H,7-9,17H2,1-2H3. The van der Waals surface area contributed by atoms with Crippen LogP contribution in [0.1, 0.15) is 30.9 Å². The van der Waals surface area contributed by atoms with Gasteiger partial charge in [0.15, 0.2) is 0 Å². The molecular formula is C16H18N2O2. The van der Waals surface area contributed by atoms with E-state index in [0.29, 0.717) is 25.1 Å². The average molecular weight is 270 g/mol. The number of hydrogen-bond donors (Lipinski definition) is 1. The van der Waals surface area contributed by atoms with Gasteiger partial charge in [-0.05, 0) is 36.6 Å². The number of hydrogen-bond acceptors (Lipinski definition) is 3. The third kappa shape index (κ3) is 2.89. The Balaban J connectivity index is 2.33. The lowest BCUT2D eigenvalue weighted by atomic mass is 9.96. The van der Waals surface area contributed by atoms with Gasteiger partial charge < -0.3 is 5.73 Å². The minimum atomic E-state index is -0.127. The first-order chi connectivity index (χ1) is 9.52. The molecule has 0 aliphatic carbocycles. The molecule has 1 aliphatic rings. The molecule has 0 spiro atoms. The van der Waals surface area contributed by atoms with E-state index in [2.05, 4.69) is 11.8 Å². The summed E-state index contributed by atoms with van der Waals surface area (Å²) < 4.78 is 0. The zero-order valence-electron chi connectivity index (χ0n) is 11.8. The summed E-state index contributed by atoms with van der Waals surface area (Å²) >= 11 is 0. The van der Waals surface area contributed by atoms with Crippen LogP contribution in [0, 0.1) is 24.7 Å². The third-order valence-electron chi connectivity index (χ3n) is 3.32. The van der Waals surface area contributed by atoms with Gasteiger partial charge in [-0.2, -0.15) is 0 Å². The number of rotatable bonds is 1. The van der Waals surface area contributed by atoms with E-state index in [1.54, 1.807) is 6.07 Å². The highest BCUT2D eigenvalue weighted by atomic mass is 16.2. The molecule has 0 aromatic heterocycles. The van der Waals surface area contributed by atoms with Gasteiger partial charge in [0, 0.05) is 18.4 Å². The lowest BCUT2D eigenvalue weighted by Crippen LogP contribution is -2.43. The highest BCUT2D eigenvalue weighted by Gasteiger charge is 2.32. The lowest BCUT2D eigenvalue weighted by molar-refractivity contribution is -0.130. The van der Waals surface area contributed by atoms with Crippen molar-refractivity contribution in [3.63, 3.8) is 0 Å². The second kappa shape index (κ2) is 5.89. The van der Waals surface area contributed by atoms with Gasteiger partial charge in [-0.3, -0.25) is 14.5 Å². The number of imide groups is 1. The molecule has 1 aromatic carbocycles. The Morgan fingerprint density at radius 1 is 1.30 bits per heavy atom. The summed E-state index contributed by atoms with van der Waals surface area (Å²) in [5.41, 5.74) is 7.70. The van der Waals surface area contributed by atoms with E-state index in [-0.39, 0.29) is 17.7 Å². The molecule has 0 saturated carbocycles. The molecule has 1 aromatic rings. The molecule has 4 nitrogen and oxygen atoms in total. The zero-order chi connectivity index (χ0) is 14.7. The van der Waals surface area contributed by atoms with Gasteiger partial charge in [0.2, 0.25) is 11.8 Å². The van der Waals surface area contributed by atoms with Gasteiger partial charge in [-0.25, -0.2) is 0 Å². The smallest absolute Gasteiger partial charge is 0.234 e. The fourth-order valence-electron chi connectivity index (χ4n) is 2.40. The third-order valence-corrected chi connectivity index (χ3v) is 3.32. The molecule has 1 heterocycles. The summed E-state index contributed by atoms with van der Waals surface area (Å²) in [6.07, 6.45) is 0.833. The maximum atomic E-state index is 12.1. The molecule has 0 unspecified atom stereocenters. The normalized spacial score (nSPS) is 16.1. The first-order valence-electron chi connectivity index (χ1n) is 6.68. The van der Waals surface area contributed by atoms with Crippen molar-refractivity contribution in [3.05, 3.63) is 29.3 Å². The van der Waals surface area contributed by atoms with Gasteiger partial charge in [-0.1, -0.05) is 18.8 Å². The fourth-order valence-corrected chi connectivity index (χ4v) is 2.40. The van der Waals surface area contributed by atoms with Crippen LogP contribution >= 0.6 is 0 Å². The van der Waals surface area contributed by atoms with Crippen molar-refractivity contribution >= 4 is 17.5 Å². The molecular weight excluding hydrogens is 252 g/mol. The highest BCUT2D eigenvalue weighted by molar-refractivity contribution is 6.17. The summed E-state index contributed by atoms with van der Waals surface area (Å²) in [7, 11) is 0. The summed E-state index contributed by atoms with van der Waals surface area (Å²) in [5, 5.41) is 0. The molecule has 4 heteroatoms. The maximum absolute atomic E-state index is 12.1. The Labute approximate surface area is 118 Å². The molecule has 104 valence electrons. The Hall–Kier alpha value is -2.12. The summed E-state index contributed by atoms with van der Waals surface area (Å²) in [6, 6.07) is 5.46. The number of aryl methyl sites for hydroxylation is 1. The van der Waals surface area contributed by atoms with Crippen molar-refractivity contribution in [2.75, 3.05) is 11.4 Å². The van der Waals surface area contributed by atoms with E-state index in [0.717, 1.165) is 11.1 Å². The van der Waals surface area contributed by atoms with Crippen LogP contribution in [0.3, 0.4) is 0 Å². The van der Waals surface area contributed by atoms with Crippen LogP contribution in [0.2, 0.25) is 0 Å². The van der Waals surface area contributed by atoms with Crippen LogP contribution in [0.25, 0.3) is 0 Å². The minimum absolute atomic E-state index is 0.126. The van der Waals surface area contributed by atoms with E-state index in [9.17, 15) is 9.59 Å². The van der Waals surface area contributed by atoms with E-state index < -0.39 is 0 Å². The van der Waals surface area contributed by atoms with Crippen molar-refractivity contribution in [1.29, 1.82) is 0 Å². The first-order valence-corrected chi connectivity index (χ1v) is 6.68. The fraction of sp³-hybridized carbons (Fsp3) is 0.375. The number of nitrogens with zero attached hydrogens (tertiary/aromatic N) is 1. The van der Waals surface area contributed by atoms with E-state index in [1.165, 1.54) is 4.90 Å². The predicted molar refractivity (Wildman–Crippen MR) is 78.0 cm³/mol. The van der Waals surface area contributed by atoms with Crippen LogP contribution in [0.4, 0.5) is 5.69 Å². The Bertz CT molecular complexity index is 593. The van der Waals surface area contributed by atoms with E-state index in [1.807, 2.05) is 26.0 Å². The van der Waals surface area contributed by atoms with E-state index >= 15 is 0 Å². The van der Waals surface area contributed by atoms with Crippen molar-refractivity contribution in [2.45, 2.75) is 26.7 Å². The van der Waals surface area contributed by atoms with Crippen molar-refractivity contribution < 1.29 is 9.59 Å². The molecule has 1 saturated heterocycles. The predicted octanol–water partition coefficient (Wildman–Crippen LogP) is 1.59. The van der Waals surface area contributed by atoms with Crippen LogP contribution in [0.5, 0.6) is 0 Å². The summed E-state index contributed by atoms with van der Waals surface area (Å²) in [4.78, 5) is 25.5. The van der Waals surface area contributed by atoms with Gasteiger partial charge in [0.25, 0.3) is 0 Å². The molecule has 0 atom stereocenters. The number of anilines is 1. The number of nitrogens with two attached hydrogens (primary N) is 1. The van der Waals surface area contributed by atoms with Crippen molar-refractivity contribution in [2.24, 2.45) is 11.7 Å². The molecule has 2 rings (SSSR count). The molecule has 1 aliphatic heterocycles. The van der Waals surface area contributed by atoms with Crippen molar-refractivity contribution in [3.8, 4) is 11.8 Å². The Kier molecular flexibility index (Phi) is 4.21. The van der Waals surface area contributed by atoms with Crippen LogP contribution in [-0.2, 0) is 9.59 Å². The highest BCUT2D eigenvalue weighted by Crippen LogP contribution is 2.28. The largest absolute Gasteiger partial charge is 0.320 e. The molecule has 0 bridgehead atoms. The summed E-state index contributed by atoms with van der Waals surface area (Å²) in [5.74, 6) is 5.60. The SMILES string of the molecule is Cc1cc(C#CCN)ccc1N1C(=O)CC(C)CC1=O. The quantitative estimate of drug-likeness (QED) is 0.622. The summed E-state index contributed by atoms with van der Waals surface area (Å²) in [6.45, 7) is 4.11. The van der Waals surface area contributed by atoms with Gasteiger partial charge in [-0.15, -0.1) is 0 Å². The topological polar surface area (TPSA) is 63.4 Å². The second-order valence-corrected chi connectivity index (χ2v) is 5.14. The number of carbonyl (C=O) groups excluding carboxylic acids is 2. The number of carbonyl (C=O) groups is 2. The molecule has 2 amide bonds. The number of piperidine rings is 1. The molecule has 1 fully saturated rings. The Morgan fingerprint density at radius 2 is 1.95 bits per heavy atom. The molecule has 20 heavy (non-hydrogen) atoms. The van der Waals surface area contributed by atoms with Gasteiger partial charge in [0.1, 0.15) is 0 Å². The van der Waals surface area contributed by atoms with Crippen molar-refractivity contribution in [1.82, 2.24) is 0 Å². The molecule has 2 N–H and O–H groups in total. The second-order valence-electron chi connectivity index (χ2n) is 5.14. The molecule has 0 radical (unpaired) electrons. The number of benzene rings is 1. The average Bonchev–Trinajstić information content (AvgIpc) is 2.37. The Morgan fingerprint density at radius 3 is 2.50 bits per heavy atom. The lowest BCUT2D eigenvalue weighted by Gasteiger charge is -2.29. The van der Waals surface area contributed by atoms with E-state index in [4.69, 9.17) is 5.73 Å². The maximum Gasteiger partial charge on any atom is 0.234 e. The van der Waals surface area contributed by atoms with Gasteiger partial charge in [0.05, 0.1) is 12.2 Å². The minimum Gasteiger partial charge on any atom is -0.320 e. The van der Waals surface area contributed by atoms with Crippen LogP contribution < -0.4 is 10.6 Å². The number of amides is 2. The van der Waals surface area contributed by atoms with Gasteiger partial charge >= 0.3 is 0 Å². The van der Waals surface area contributed by atoms with Crippen LogP contribution in [-0.4, -0.2) is 18.4 Å².